The highest BCUT2D eigenvalue weighted by atomic mass is 19.1. The van der Waals surface area contributed by atoms with Crippen molar-refractivity contribution in [2.75, 3.05) is 0 Å². The third-order valence-corrected chi connectivity index (χ3v) is 2.45. The second kappa shape index (κ2) is 4.87. The Kier molecular flexibility index (Phi) is 3.28. The molecule has 0 heterocycles. The van der Waals surface area contributed by atoms with Gasteiger partial charge < -0.3 is 9.84 Å². The molecule has 0 radical (unpaired) electrons. The topological polar surface area (TPSA) is 29.5 Å². The van der Waals surface area contributed by atoms with Crippen molar-refractivity contribution >= 4 is 0 Å². The standard InChI is InChI=1S/C14H13FO2/c1-10-7-13(5-6-14(10)15)17-9-11-3-2-4-12(16)8-11/h2-8,16H,9H2,1H3. The summed E-state index contributed by atoms with van der Waals surface area (Å²) in [5.41, 5.74) is 1.42. The van der Waals surface area contributed by atoms with Gasteiger partial charge in [0.05, 0.1) is 0 Å². The molecule has 0 aromatic heterocycles. The van der Waals surface area contributed by atoms with Crippen LogP contribution < -0.4 is 4.74 Å². The Bertz CT molecular complexity index is 523. The Morgan fingerprint density at radius 1 is 1.18 bits per heavy atom. The highest BCUT2D eigenvalue weighted by Gasteiger charge is 2.01. The van der Waals surface area contributed by atoms with Crippen LogP contribution >= 0.6 is 0 Å². The first kappa shape index (κ1) is 11.5. The molecule has 0 aliphatic heterocycles. The molecule has 0 saturated heterocycles. The predicted octanol–water partition coefficient (Wildman–Crippen LogP) is 3.42. The molecule has 2 aromatic rings. The smallest absolute Gasteiger partial charge is 0.126 e. The number of halogens is 1. The normalized spacial score (nSPS) is 10.2. The predicted molar refractivity (Wildman–Crippen MR) is 63.6 cm³/mol. The summed E-state index contributed by atoms with van der Waals surface area (Å²) in [6.07, 6.45) is 0. The lowest BCUT2D eigenvalue weighted by Crippen LogP contribution is -1.96. The van der Waals surface area contributed by atoms with Crippen LogP contribution in [0.15, 0.2) is 42.5 Å². The van der Waals surface area contributed by atoms with E-state index in [1.807, 2.05) is 6.07 Å². The van der Waals surface area contributed by atoms with Crippen LogP contribution in [0.4, 0.5) is 4.39 Å². The third-order valence-electron chi connectivity index (χ3n) is 2.45. The van der Waals surface area contributed by atoms with Gasteiger partial charge in [-0.05, 0) is 48.4 Å². The van der Waals surface area contributed by atoms with Gasteiger partial charge in [0.2, 0.25) is 0 Å². The fraction of sp³-hybridized carbons (Fsp3) is 0.143. The zero-order valence-corrected chi connectivity index (χ0v) is 9.48. The monoisotopic (exact) mass is 232 g/mol. The van der Waals surface area contributed by atoms with E-state index in [9.17, 15) is 9.50 Å². The minimum atomic E-state index is -0.241. The van der Waals surface area contributed by atoms with Gasteiger partial charge in [0.25, 0.3) is 0 Å². The van der Waals surface area contributed by atoms with Gasteiger partial charge in [0.15, 0.2) is 0 Å². The van der Waals surface area contributed by atoms with Crippen molar-refractivity contribution in [3.8, 4) is 11.5 Å². The van der Waals surface area contributed by atoms with Gasteiger partial charge >= 0.3 is 0 Å². The zero-order chi connectivity index (χ0) is 12.3. The quantitative estimate of drug-likeness (QED) is 0.878. The van der Waals surface area contributed by atoms with E-state index in [2.05, 4.69) is 0 Å². The molecule has 0 unspecified atom stereocenters. The molecular formula is C14H13FO2. The Balaban J connectivity index is 2.05. The molecule has 0 saturated carbocycles. The average Bonchev–Trinajstić information content (AvgIpc) is 2.31. The van der Waals surface area contributed by atoms with E-state index >= 15 is 0 Å². The molecular weight excluding hydrogens is 219 g/mol. The summed E-state index contributed by atoms with van der Waals surface area (Å²) >= 11 is 0. The molecule has 0 fully saturated rings. The summed E-state index contributed by atoms with van der Waals surface area (Å²) in [6, 6.07) is 11.5. The largest absolute Gasteiger partial charge is 0.508 e. The molecule has 1 N–H and O–H groups in total. The summed E-state index contributed by atoms with van der Waals surface area (Å²) in [5, 5.41) is 9.29. The molecule has 3 heteroatoms. The SMILES string of the molecule is Cc1cc(OCc2cccc(O)c2)ccc1F. The van der Waals surface area contributed by atoms with E-state index in [0.717, 1.165) is 5.56 Å². The molecule has 17 heavy (non-hydrogen) atoms. The van der Waals surface area contributed by atoms with Gasteiger partial charge in [-0.25, -0.2) is 4.39 Å². The van der Waals surface area contributed by atoms with Crippen LogP contribution in [-0.2, 0) is 6.61 Å². The van der Waals surface area contributed by atoms with Crippen LogP contribution in [0.25, 0.3) is 0 Å². The van der Waals surface area contributed by atoms with Crippen LogP contribution in [0, 0.1) is 12.7 Å². The number of phenolic OH excluding ortho intramolecular Hbond substituents is 1. The minimum Gasteiger partial charge on any atom is -0.508 e. The summed E-state index contributed by atoms with van der Waals surface area (Å²) in [7, 11) is 0. The van der Waals surface area contributed by atoms with Gasteiger partial charge in [0.1, 0.15) is 23.9 Å². The van der Waals surface area contributed by atoms with E-state index in [-0.39, 0.29) is 11.6 Å². The van der Waals surface area contributed by atoms with Gasteiger partial charge in [-0.1, -0.05) is 12.1 Å². The molecule has 0 amide bonds. The molecule has 2 rings (SSSR count). The molecule has 88 valence electrons. The lowest BCUT2D eigenvalue weighted by molar-refractivity contribution is 0.304. The van der Waals surface area contributed by atoms with Crippen molar-refractivity contribution in [3.05, 3.63) is 59.4 Å². The van der Waals surface area contributed by atoms with Crippen LogP contribution in [0.1, 0.15) is 11.1 Å². The van der Waals surface area contributed by atoms with Crippen LogP contribution in [0.5, 0.6) is 11.5 Å². The number of rotatable bonds is 3. The van der Waals surface area contributed by atoms with Gasteiger partial charge in [-0.15, -0.1) is 0 Å². The van der Waals surface area contributed by atoms with E-state index in [0.29, 0.717) is 17.9 Å². The fourth-order valence-corrected chi connectivity index (χ4v) is 1.52. The molecule has 2 nitrogen and oxygen atoms in total. The lowest BCUT2D eigenvalue weighted by Gasteiger charge is -2.07. The Labute approximate surface area is 99.3 Å². The molecule has 0 aliphatic carbocycles. The van der Waals surface area contributed by atoms with Crippen LogP contribution in [-0.4, -0.2) is 5.11 Å². The molecule has 0 spiro atoms. The number of phenols is 1. The Morgan fingerprint density at radius 3 is 2.71 bits per heavy atom. The second-order valence-corrected chi connectivity index (χ2v) is 3.87. The van der Waals surface area contributed by atoms with Crippen molar-refractivity contribution < 1.29 is 14.2 Å². The maximum atomic E-state index is 13.0. The van der Waals surface area contributed by atoms with Crippen molar-refractivity contribution in [1.82, 2.24) is 0 Å². The van der Waals surface area contributed by atoms with Crippen molar-refractivity contribution in [3.63, 3.8) is 0 Å². The van der Waals surface area contributed by atoms with Gasteiger partial charge in [-0.2, -0.15) is 0 Å². The second-order valence-electron chi connectivity index (χ2n) is 3.87. The lowest BCUT2D eigenvalue weighted by atomic mass is 10.2. The Hall–Kier alpha value is -2.03. The van der Waals surface area contributed by atoms with E-state index in [4.69, 9.17) is 4.74 Å². The van der Waals surface area contributed by atoms with Crippen LogP contribution in [0.3, 0.4) is 0 Å². The fourth-order valence-electron chi connectivity index (χ4n) is 1.52. The molecule has 0 atom stereocenters. The Morgan fingerprint density at radius 2 is 2.00 bits per heavy atom. The number of ether oxygens (including phenoxy) is 1. The number of aryl methyl sites for hydroxylation is 1. The maximum Gasteiger partial charge on any atom is 0.126 e. The number of hydrogen-bond acceptors (Lipinski definition) is 2. The van der Waals surface area contributed by atoms with Crippen molar-refractivity contribution in [1.29, 1.82) is 0 Å². The summed E-state index contributed by atoms with van der Waals surface area (Å²) in [5.74, 6) is 0.586. The average molecular weight is 232 g/mol. The molecule has 0 aliphatic rings. The molecule has 0 bridgehead atoms. The minimum absolute atomic E-state index is 0.210. The first-order chi connectivity index (χ1) is 8.15. The molecule has 2 aromatic carbocycles. The number of benzene rings is 2. The maximum absolute atomic E-state index is 13.0. The first-order valence-corrected chi connectivity index (χ1v) is 5.32. The van der Waals surface area contributed by atoms with Crippen LogP contribution in [0.2, 0.25) is 0 Å². The van der Waals surface area contributed by atoms with Crippen molar-refractivity contribution in [2.24, 2.45) is 0 Å². The van der Waals surface area contributed by atoms with E-state index in [1.165, 1.54) is 6.07 Å². The first-order valence-electron chi connectivity index (χ1n) is 5.32. The van der Waals surface area contributed by atoms with E-state index < -0.39 is 0 Å². The summed E-state index contributed by atoms with van der Waals surface area (Å²) < 4.78 is 18.5. The highest BCUT2D eigenvalue weighted by molar-refractivity contribution is 5.30. The zero-order valence-electron chi connectivity index (χ0n) is 9.48. The number of aromatic hydroxyl groups is 1. The van der Waals surface area contributed by atoms with Gasteiger partial charge in [-0.3, -0.25) is 0 Å². The van der Waals surface area contributed by atoms with E-state index in [1.54, 1.807) is 37.3 Å². The highest BCUT2D eigenvalue weighted by Crippen LogP contribution is 2.18. The van der Waals surface area contributed by atoms with Gasteiger partial charge in [0, 0.05) is 0 Å². The third kappa shape index (κ3) is 2.97. The summed E-state index contributed by atoms with van der Waals surface area (Å²) in [6.45, 7) is 2.04. The number of hydrogen-bond donors (Lipinski definition) is 1. The van der Waals surface area contributed by atoms with Crippen molar-refractivity contribution in [2.45, 2.75) is 13.5 Å². The summed E-state index contributed by atoms with van der Waals surface area (Å²) in [4.78, 5) is 0.